The van der Waals surface area contributed by atoms with Crippen LogP contribution in [0.4, 0.5) is 17.8 Å². The van der Waals surface area contributed by atoms with Crippen LogP contribution in [0.25, 0.3) is 0 Å². The van der Waals surface area contributed by atoms with Gasteiger partial charge in [-0.1, -0.05) is 24.3 Å². The molecule has 1 unspecified atom stereocenters. The van der Waals surface area contributed by atoms with E-state index in [2.05, 4.69) is 51.6 Å². The van der Waals surface area contributed by atoms with Crippen molar-refractivity contribution in [2.24, 2.45) is 0 Å². The van der Waals surface area contributed by atoms with E-state index in [-0.39, 0.29) is 6.04 Å². The molecular weight excluding hydrogens is 264 g/mol. The third-order valence-electron chi connectivity index (χ3n) is 3.25. The van der Waals surface area contributed by atoms with Crippen LogP contribution in [-0.2, 0) is 0 Å². The van der Waals surface area contributed by atoms with Gasteiger partial charge in [-0.3, -0.25) is 0 Å². The second-order valence-corrected chi connectivity index (χ2v) is 5.15. The number of anilines is 3. The lowest BCUT2D eigenvalue weighted by Gasteiger charge is -2.18. The lowest BCUT2D eigenvalue weighted by molar-refractivity contribution is 0.841. The van der Waals surface area contributed by atoms with Crippen molar-refractivity contribution < 1.29 is 0 Å². The molecule has 1 atom stereocenters. The van der Waals surface area contributed by atoms with Gasteiger partial charge >= 0.3 is 0 Å². The summed E-state index contributed by atoms with van der Waals surface area (Å²) in [5, 5.41) is 6.30. The van der Waals surface area contributed by atoms with Gasteiger partial charge in [0.25, 0.3) is 0 Å². The summed E-state index contributed by atoms with van der Waals surface area (Å²) < 4.78 is 0. The van der Waals surface area contributed by atoms with Crippen LogP contribution in [0.2, 0.25) is 0 Å². The Morgan fingerprint density at radius 1 is 1.05 bits per heavy atom. The van der Waals surface area contributed by atoms with E-state index in [9.17, 15) is 0 Å². The minimum absolute atomic E-state index is 0.119. The summed E-state index contributed by atoms with van der Waals surface area (Å²) in [6.07, 6.45) is 0. The van der Waals surface area contributed by atoms with Crippen LogP contribution in [0.3, 0.4) is 0 Å². The molecule has 1 aromatic heterocycles. The number of benzene rings is 1. The lowest BCUT2D eigenvalue weighted by Crippen LogP contribution is -2.17. The number of hydrogen-bond acceptors (Lipinski definition) is 6. The highest BCUT2D eigenvalue weighted by Gasteiger charge is 2.12. The number of aromatic nitrogens is 3. The average molecular weight is 286 g/mol. The highest BCUT2D eigenvalue weighted by Crippen LogP contribution is 2.21. The SMILES string of the molecule is CNc1nc(NC(C)c2ccccc2C)nc(N(C)C)n1. The molecule has 2 rings (SSSR count). The van der Waals surface area contributed by atoms with E-state index in [1.165, 1.54) is 11.1 Å². The highest BCUT2D eigenvalue weighted by atomic mass is 15.3. The maximum atomic E-state index is 4.43. The first-order valence-electron chi connectivity index (χ1n) is 6.94. The standard InChI is InChI=1S/C15H22N6/c1-10-8-6-7-9-12(10)11(2)17-14-18-13(16-3)19-15(20-14)21(4)5/h6-9,11H,1-5H3,(H2,16,17,18,19,20). The van der Waals surface area contributed by atoms with Crippen molar-refractivity contribution in [2.45, 2.75) is 19.9 Å². The van der Waals surface area contributed by atoms with E-state index in [1.54, 1.807) is 7.05 Å². The number of nitrogens with zero attached hydrogens (tertiary/aromatic N) is 4. The molecule has 2 aromatic rings. The quantitative estimate of drug-likeness (QED) is 0.880. The van der Waals surface area contributed by atoms with Crippen LogP contribution >= 0.6 is 0 Å². The van der Waals surface area contributed by atoms with Gasteiger partial charge in [-0.2, -0.15) is 15.0 Å². The van der Waals surface area contributed by atoms with Crippen LogP contribution in [0.5, 0.6) is 0 Å². The fourth-order valence-electron chi connectivity index (χ4n) is 2.09. The van der Waals surface area contributed by atoms with E-state index in [0.29, 0.717) is 17.8 Å². The third kappa shape index (κ3) is 3.59. The van der Waals surface area contributed by atoms with Crippen LogP contribution in [0.15, 0.2) is 24.3 Å². The van der Waals surface area contributed by atoms with Crippen LogP contribution in [-0.4, -0.2) is 36.1 Å². The maximum Gasteiger partial charge on any atom is 0.231 e. The predicted octanol–water partition coefficient (Wildman–Crippen LogP) is 2.46. The Labute approximate surface area is 125 Å². The Balaban J connectivity index is 2.26. The molecule has 0 amide bonds. The molecule has 0 aliphatic heterocycles. The Bertz CT molecular complexity index is 611. The summed E-state index contributed by atoms with van der Waals surface area (Å²) in [6.45, 7) is 4.20. The highest BCUT2D eigenvalue weighted by molar-refractivity contribution is 5.44. The summed E-state index contributed by atoms with van der Waals surface area (Å²) in [5.41, 5.74) is 2.48. The van der Waals surface area contributed by atoms with Gasteiger partial charge in [0.2, 0.25) is 17.8 Å². The van der Waals surface area contributed by atoms with Crippen molar-refractivity contribution in [3.63, 3.8) is 0 Å². The molecular formula is C15H22N6. The molecule has 2 N–H and O–H groups in total. The molecule has 21 heavy (non-hydrogen) atoms. The lowest BCUT2D eigenvalue weighted by atomic mass is 10.0. The zero-order chi connectivity index (χ0) is 15.4. The van der Waals surface area contributed by atoms with Crippen LogP contribution < -0.4 is 15.5 Å². The van der Waals surface area contributed by atoms with Gasteiger partial charge in [0.05, 0.1) is 6.04 Å². The maximum absolute atomic E-state index is 4.43. The van der Waals surface area contributed by atoms with Gasteiger partial charge in [0.1, 0.15) is 0 Å². The molecule has 0 saturated carbocycles. The summed E-state index contributed by atoms with van der Waals surface area (Å²) in [4.78, 5) is 14.9. The van der Waals surface area contributed by atoms with Gasteiger partial charge in [-0.25, -0.2) is 0 Å². The number of nitrogens with one attached hydrogen (secondary N) is 2. The van der Waals surface area contributed by atoms with Crippen molar-refractivity contribution in [1.82, 2.24) is 15.0 Å². The van der Waals surface area contributed by atoms with Crippen LogP contribution in [0, 0.1) is 6.92 Å². The first-order valence-corrected chi connectivity index (χ1v) is 6.94. The molecule has 112 valence electrons. The van der Waals surface area contributed by atoms with Crippen LogP contribution in [0.1, 0.15) is 24.1 Å². The number of aryl methyl sites for hydroxylation is 1. The third-order valence-corrected chi connectivity index (χ3v) is 3.25. The van der Waals surface area contributed by atoms with Gasteiger partial charge in [0.15, 0.2) is 0 Å². The van der Waals surface area contributed by atoms with Gasteiger partial charge < -0.3 is 15.5 Å². The Morgan fingerprint density at radius 2 is 1.71 bits per heavy atom. The van der Waals surface area contributed by atoms with Crippen molar-refractivity contribution in [3.05, 3.63) is 35.4 Å². The number of hydrogen-bond donors (Lipinski definition) is 2. The molecule has 0 spiro atoms. The molecule has 0 saturated heterocycles. The van der Waals surface area contributed by atoms with Crippen molar-refractivity contribution >= 4 is 17.8 Å². The molecule has 0 aliphatic carbocycles. The first kappa shape index (κ1) is 15.0. The van der Waals surface area contributed by atoms with Gasteiger partial charge in [-0.15, -0.1) is 0 Å². The van der Waals surface area contributed by atoms with Gasteiger partial charge in [0, 0.05) is 21.1 Å². The molecule has 0 aliphatic rings. The Hall–Kier alpha value is -2.37. The number of rotatable bonds is 5. The molecule has 0 radical (unpaired) electrons. The summed E-state index contributed by atoms with van der Waals surface area (Å²) in [7, 11) is 5.61. The first-order chi connectivity index (χ1) is 10.0. The largest absolute Gasteiger partial charge is 0.357 e. The van der Waals surface area contributed by atoms with Gasteiger partial charge in [-0.05, 0) is 25.0 Å². The predicted molar refractivity (Wildman–Crippen MR) is 86.9 cm³/mol. The van der Waals surface area contributed by atoms with E-state index < -0.39 is 0 Å². The molecule has 1 aromatic carbocycles. The minimum atomic E-state index is 0.119. The minimum Gasteiger partial charge on any atom is -0.357 e. The topological polar surface area (TPSA) is 66.0 Å². The normalized spacial score (nSPS) is 11.9. The monoisotopic (exact) mass is 286 g/mol. The van der Waals surface area contributed by atoms with E-state index in [4.69, 9.17) is 0 Å². The Morgan fingerprint density at radius 3 is 2.33 bits per heavy atom. The second kappa shape index (κ2) is 6.39. The summed E-state index contributed by atoms with van der Waals surface area (Å²) in [6, 6.07) is 8.41. The van der Waals surface area contributed by atoms with Crippen molar-refractivity contribution in [2.75, 3.05) is 36.7 Å². The second-order valence-electron chi connectivity index (χ2n) is 5.15. The van der Waals surface area contributed by atoms with E-state index >= 15 is 0 Å². The smallest absolute Gasteiger partial charge is 0.231 e. The molecule has 6 heteroatoms. The molecule has 0 fully saturated rings. The molecule has 1 heterocycles. The zero-order valence-electron chi connectivity index (χ0n) is 13.2. The van der Waals surface area contributed by atoms with Crippen molar-refractivity contribution in [3.8, 4) is 0 Å². The summed E-state index contributed by atoms with van der Waals surface area (Å²) in [5.74, 6) is 1.73. The van der Waals surface area contributed by atoms with E-state index in [0.717, 1.165) is 0 Å². The van der Waals surface area contributed by atoms with E-state index in [1.807, 2.05) is 31.1 Å². The average Bonchev–Trinajstić information content (AvgIpc) is 2.47. The summed E-state index contributed by atoms with van der Waals surface area (Å²) >= 11 is 0. The Kier molecular flexibility index (Phi) is 4.57. The molecule has 0 bridgehead atoms. The fourth-order valence-corrected chi connectivity index (χ4v) is 2.09. The van der Waals surface area contributed by atoms with Crippen molar-refractivity contribution in [1.29, 1.82) is 0 Å². The molecule has 6 nitrogen and oxygen atoms in total. The zero-order valence-corrected chi connectivity index (χ0v) is 13.2. The fraction of sp³-hybridized carbons (Fsp3) is 0.400.